The molecule has 0 aliphatic rings. The number of hydrogen-bond acceptors (Lipinski definition) is 2. The first-order valence-corrected chi connectivity index (χ1v) is 9.16. The van der Waals surface area contributed by atoms with Crippen LogP contribution < -0.4 is 0 Å². The first-order chi connectivity index (χ1) is 9.83. The first-order valence-electron chi connectivity index (χ1n) is 7.42. The van der Waals surface area contributed by atoms with Gasteiger partial charge in [-0.15, -0.1) is 46.4 Å². The Hall–Kier alpha value is 1.08. The van der Waals surface area contributed by atoms with E-state index in [1.165, 1.54) is 25.7 Å². The van der Waals surface area contributed by atoms with Crippen LogP contribution in [0.15, 0.2) is 0 Å². The molecule has 0 aromatic heterocycles. The molecule has 0 aliphatic carbocycles. The Kier molecular flexibility index (Phi) is 41.6. The van der Waals surface area contributed by atoms with Gasteiger partial charge in [0.25, 0.3) is 0 Å². The molecule has 0 spiro atoms. The van der Waals surface area contributed by atoms with Crippen molar-refractivity contribution < 1.29 is 9.84 Å². The Morgan fingerprint density at radius 1 is 0.810 bits per heavy atom. The monoisotopic (exact) mass is 386 g/mol. The van der Waals surface area contributed by atoms with Crippen molar-refractivity contribution in [2.45, 2.75) is 70.0 Å². The summed E-state index contributed by atoms with van der Waals surface area (Å²) in [6.45, 7) is 12.5. The zero-order valence-electron chi connectivity index (χ0n) is 14.3. The number of hydrogen-bond donors (Lipinski definition) is 1. The second-order valence-electron chi connectivity index (χ2n) is 4.34. The zero-order valence-corrected chi connectivity index (χ0v) is 17.4. The molecule has 0 amide bonds. The lowest BCUT2D eigenvalue weighted by molar-refractivity contribution is 0.162. The van der Waals surface area contributed by atoms with Crippen molar-refractivity contribution in [1.82, 2.24) is 0 Å². The predicted octanol–water partition coefficient (Wildman–Crippen LogP) is 6.47. The highest BCUT2D eigenvalue weighted by Gasteiger charge is 2.06. The van der Waals surface area contributed by atoms with Gasteiger partial charge < -0.3 is 9.84 Å². The van der Waals surface area contributed by atoms with Crippen LogP contribution in [0.3, 0.4) is 0 Å². The summed E-state index contributed by atoms with van der Waals surface area (Å²) in [6, 6.07) is 0. The Bertz CT molecular complexity index is 138. The van der Waals surface area contributed by atoms with Gasteiger partial charge in [-0.3, -0.25) is 0 Å². The van der Waals surface area contributed by atoms with Gasteiger partial charge in [-0.25, -0.2) is 0 Å². The van der Waals surface area contributed by atoms with E-state index in [4.69, 9.17) is 56.2 Å². The largest absolute Gasteiger partial charge is 0.400 e. The van der Waals surface area contributed by atoms with Crippen LogP contribution in [0.1, 0.15) is 60.3 Å². The lowest BCUT2D eigenvalue weighted by Gasteiger charge is -2.00. The predicted molar refractivity (Wildman–Crippen MR) is 100 cm³/mol. The highest BCUT2D eigenvalue weighted by atomic mass is 35.5. The number of unbranched alkanes of at least 4 members (excludes halogenated alkanes) is 2. The zero-order chi connectivity index (χ0) is 17.7. The Balaban J connectivity index is -0.0000000998. The maximum Gasteiger partial charge on any atom is 0.137 e. The lowest BCUT2D eigenvalue weighted by Crippen LogP contribution is -1.96. The molecule has 0 aromatic rings. The molecule has 0 aromatic carbocycles. The fraction of sp³-hybridized carbons (Fsp3) is 1.00. The molecule has 134 valence electrons. The second kappa shape index (κ2) is 29.1. The van der Waals surface area contributed by atoms with Crippen LogP contribution in [-0.2, 0) is 4.74 Å². The van der Waals surface area contributed by atoms with Gasteiger partial charge in [-0.1, -0.05) is 46.5 Å². The van der Waals surface area contributed by atoms with Gasteiger partial charge in [0, 0.05) is 20.3 Å². The lowest BCUT2D eigenvalue weighted by atomic mass is 10.1. The van der Waals surface area contributed by atoms with Crippen molar-refractivity contribution >= 4 is 46.4 Å². The summed E-state index contributed by atoms with van der Waals surface area (Å²) in [6.07, 6.45) is 5.60. The van der Waals surface area contributed by atoms with Crippen molar-refractivity contribution in [3.63, 3.8) is 0 Å². The van der Waals surface area contributed by atoms with Crippen molar-refractivity contribution in [2.24, 2.45) is 5.92 Å². The number of halogens is 4. The van der Waals surface area contributed by atoms with Crippen molar-refractivity contribution in [1.29, 1.82) is 0 Å². The molecule has 2 nitrogen and oxygen atoms in total. The van der Waals surface area contributed by atoms with Crippen LogP contribution in [0, 0.1) is 5.92 Å². The SMILES string of the molecule is CCCCCC(C)C.CCOCC.CO.ClC(Cl)C(Cl)Cl. The number of alkyl halides is 4. The fourth-order valence-electron chi connectivity index (χ4n) is 1.01. The summed E-state index contributed by atoms with van der Waals surface area (Å²) in [4.78, 5) is -1.35. The summed E-state index contributed by atoms with van der Waals surface area (Å²) >= 11 is 20.5. The van der Waals surface area contributed by atoms with E-state index in [2.05, 4.69) is 20.8 Å². The summed E-state index contributed by atoms with van der Waals surface area (Å²) < 4.78 is 4.83. The molecule has 1 N–H and O–H groups in total. The van der Waals surface area contributed by atoms with Gasteiger partial charge in [-0.2, -0.15) is 0 Å². The van der Waals surface area contributed by atoms with Crippen molar-refractivity contribution in [2.75, 3.05) is 20.3 Å². The van der Waals surface area contributed by atoms with E-state index in [-0.39, 0.29) is 0 Å². The summed E-state index contributed by atoms with van der Waals surface area (Å²) in [7, 11) is 1.00. The van der Waals surface area contributed by atoms with E-state index in [0.29, 0.717) is 0 Å². The number of aliphatic hydroxyl groups excluding tert-OH is 1. The van der Waals surface area contributed by atoms with Crippen LogP contribution in [-0.4, -0.2) is 35.1 Å². The molecule has 0 aliphatic heterocycles. The molecule has 0 atom stereocenters. The number of aliphatic hydroxyl groups is 1. The van der Waals surface area contributed by atoms with E-state index < -0.39 is 9.67 Å². The minimum atomic E-state index is -0.673. The molecular formula is C15H34Cl4O2. The molecule has 0 rings (SSSR count). The van der Waals surface area contributed by atoms with Gasteiger partial charge in [0.15, 0.2) is 0 Å². The van der Waals surface area contributed by atoms with E-state index >= 15 is 0 Å². The molecule has 0 saturated carbocycles. The second-order valence-corrected chi connectivity index (χ2v) is 6.67. The molecule has 0 radical (unpaired) electrons. The maximum atomic E-state index is 7.00. The van der Waals surface area contributed by atoms with Crippen molar-refractivity contribution in [3.8, 4) is 0 Å². The van der Waals surface area contributed by atoms with Crippen LogP contribution in [0.5, 0.6) is 0 Å². The normalized spacial score (nSPS) is 9.43. The van der Waals surface area contributed by atoms with Crippen LogP contribution in [0.4, 0.5) is 0 Å². The fourth-order valence-corrected chi connectivity index (χ4v) is 1.01. The average molecular weight is 388 g/mol. The molecular weight excluding hydrogens is 354 g/mol. The summed E-state index contributed by atoms with van der Waals surface area (Å²) in [5, 5.41) is 7.00. The highest BCUT2D eigenvalue weighted by molar-refractivity contribution is 6.56. The van der Waals surface area contributed by atoms with Crippen molar-refractivity contribution in [3.05, 3.63) is 0 Å². The van der Waals surface area contributed by atoms with E-state index in [9.17, 15) is 0 Å². The molecule has 0 saturated heterocycles. The van der Waals surface area contributed by atoms with E-state index in [1.807, 2.05) is 13.8 Å². The smallest absolute Gasteiger partial charge is 0.137 e. The summed E-state index contributed by atoms with van der Waals surface area (Å²) in [5.74, 6) is 0.904. The third-order valence-corrected chi connectivity index (χ3v) is 3.51. The van der Waals surface area contributed by atoms with Gasteiger partial charge in [-0.05, 0) is 19.8 Å². The average Bonchev–Trinajstić information content (AvgIpc) is 2.43. The first kappa shape index (κ1) is 30.0. The number of rotatable bonds is 7. The van der Waals surface area contributed by atoms with Crippen LogP contribution in [0.2, 0.25) is 0 Å². The van der Waals surface area contributed by atoms with Gasteiger partial charge in [0.05, 0.1) is 0 Å². The maximum absolute atomic E-state index is 7.00. The molecule has 21 heavy (non-hydrogen) atoms. The van der Waals surface area contributed by atoms with Gasteiger partial charge in [0.2, 0.25) is 0 Å². The van der Waals surface area contributed by atoms with Crippen LogP contribution >= 0.6 is 46.4 Å². The van der Waals surface area contributed by atoms with E-state index in [1.54, 1.807) is 0 Å². The van der Waals surface area contributed by atoms with E-state index in [0.717, 1.165) is 26.2 Å². The standard InChI is InChI=1S/C8H18.C4H10O.C2H2Cl4.CH4O/c1-4-5-6-7-8(2)3;1-3-5-4-2;3-1(4)2(5)6;1-2/h8H,4-7H2,1-3H3;3-4H2,1-2H3;1-2H;2H,1H3. The minimum absolute atomic E-state index is 0.673. The topological polar surface area (TPSA) is 29.5 Å². The Morgan fingerprint density at radius 2 is 1.19 bits per heavy atom. The third-order valence-electron chi connectivity index (χ3n) is 1.98. The summed E-state index contributed by atoms with van der Waals surface area (Å²) in [5.41, 5.74) is 0. The Labute approximate surface area is 152 Å². The van der Waals surface area contributed by atoms with Gasteiger partial charge in [0.1, 0.15) is 9.67 Å². The Morgan fingerprint density at radius 3 is 1.33 bits per heavy atom. The third kappa shape index (κ3) is 52.6. The minimum Gasteiger partial charge on any atom is -0.400 e. The van der Waals surface area contributed by atoms with Gasteiger partial charge >= 0.3 is 0 Å². The molecule has 0 heterocycles. The quantitative estimate of drug-likeness (QED) is 0.400. The van der Waals surface area contributed by atoms with Crippen LogP contribution in [0.25, 0.3) is 0 Å². The molecule has 0 unspecified atom stereocenters. The molecule has 0 fully saturated rings. The highest BCUT2D eigenvalue weighted by Crippen LogP contribution is 2.16. The molecule has 0 bridgehead atoms. The number of ether oxygens (including phenoxy) is 1. The molecule has 6 heteroatoms.